The van der Waals surface area contributed by atoms with Crippen LogP contribution in [0.1, 0.15) is 24.8 Å². The third-order valence-electron chi connectivity index (χ3n) is 4.18. The molecule has 3 heterocycles. The fraction of sp³-hybridized carbons (Fsp3) is 0.692. The van der Waals surface area contributed by atoms with Crippen LogP contribution in [0.3, 0.4) is 0 Å². The average molecular weight is 265 g/mol. The lowest BCUT2D eigenvalue weighted by Gasteiger charge is -2.20. The van der Waals surface area contributed by atoms with E-state index in [0.29, 0.717) is 30.4 Å². The minimum absolute atomic E-state index is 0.223. The molecule has 0 radical (unpaired) electrons. The molecule has 0 saturated carbocycles. The Bertz CT molecular complexity index is 604. The molecule has 0 aliphatic carbocycles. The zero-order valence-electron chi connectivity index (χ0n) is 11.3. The Morgan fingerprint density at radius 1 is 1.37 bits per heavy atom. The van der Waals surface area contributed by atoms with E-state index >= 15 is 0 Å². The van der Waals surface area contributed by atoms with Crippen LogP contribution in [0, 0.1) is 0 Å². The highest BCUT2D eigenvalue weighted by Crippen LogP contribution is 2.34. The van der Waals surface area contributed by atoms with Gasteiger partial charge in [0, 0.05) is 38.4 Å². The van der Waals surface area contributed by atoms with Crippen LogP contribution in [0.4, 0.5) is 0 Å². The zero-order valence-corrected chi connectivity index (χ0v) is 11.3. The molecule has 2 aliphatic heterocycles. The van der Waals surface area contributed by atoms with Crippen molar-refractivity contribution in [1.82, 2.24) is 14.5 Å². The van der Waals surface area contributed by atoms with Crippen molar-refractivity contribution < 1.29 is 4.74 Å². The number of aryl methyl sites for hydroxylation is 1. The Morgan fingerprint density at radius 3 is 2.79 bits per heavy atom. The molecule has 1 aromatic rings. The predicted molar refractivity (Wildman–Crippen MR) is 70.1 cm³/mol. The summed E-state index contributed by atoms with van der Waals surface area (Å²) in [7, 11) is 3.17. The lowest BCUT2D eigenvalue weighted by molar-refractivity contribution is 0.0972. The van der Waals surface area contributed by atoms with Gasteiger partial charge < -0.3 is 14.6 Å². The Morgan fingerprint density at radius 2 is 2.16 bits per heavy atom. The fourth-order valence-corrected chi connectivity index (χ4v) is 3.10. The molecular weight excluding hydrogens is 246 g/mol. The van der Waals surface area contributed by atoms with Crippen LogP contribution in [0.5, 0.6) is 0 Å². The van der Waals surface area contributed by atoms with Gasteiger partial charge in [0.05, 0.1) is 12.2 Å². The number of nitrogens with one attached hydrogen (secondary N) is 1. The predicted octanol–water partition coefficient (Wildman–Crippen LogP) is -0.506. The quantitative estimate of drug-likeness (QED) is 0.800. The lowest BCUT2D eigenvalue weighted by Crippen LogP contribution is -2.42. The van der Waals surface area contributed by atoms with E-state index in [9.17, 15) is 9.59 Å². The Kier molecular flexibility index (Phi) is 3.06. The molecule has 0 aromatic carbocycles. The highest BCUT2D eigenvalue weighted by Gasteiger charge is 2.40. The minimum Gasteiger partial charge on any atom is -0.373 e. The maximum Gasteiger partial charge on any atom is 0.330 e. The van der Waals surface area contributed by atoms with Crippen LogP contribution in [0.2, 0.25) is 0 Å². The molecule has 1 N–H and O–H groups in total. The molecule has 3 rings (SSSR count). The first-order chi connectivity index (χ1) is 9.06. The van der Waals surface area contributed by atoms with Crippen molar-refractivity contribution in [2.75, 3.05) is 0 Å². The molecule has 2 bridgehead atoms. The highest BCUT2D eigenvalue weighted by molar-refractivity contribution is 5.06. The maximum atomic E-state index is 12.0. The number of ether oxygens (including phenoxy) is 1. The van der Waals surface area contributed by atoms with E-state index < -0.39 is 0 Å². The summed E-state index contributed by atoms with van der Waals surface area (Å²) in [5.74, 6) is 0. The summed E-state index contributed by atoms with van der Waals surface area (Å²) in [5, 5.41) is 3.39. The van der Waals surface area contributed by atoms with Gasteiger partial charge in [0.1, 0.15) is 0 Å². The molecule has 6 heteroatoms. The largest absolute Gasteiger partial charge is 0.373 e. The first-order valence-electron chi connectivity index (χ1n) is 6.70. The number of hydrogen-bond donors (Lipinski definition) is 1. The second-order valence-corrected chi connectivity index (χ2v) is 5.51. The SMILES string of the molecule is Cn1cc(CNC2CC3CCC2O3)c(=O)n(C)c1=O. The monoisotopic (exact) mass is 265 g/mol. The molecule has 0 amide bonds. The Hall–Kier alpha value is -1.40. The molecule has 104 valence electrons. The first kappa shape index (κ1) is 12.6. The van der Waals surface area contributed by atoms with Crippen molar-refractivity contribution in [3.05, 3.63) is 32.6 Å². The van der Waals surface area contributed by atoms with Gasteiger partial charge in [-0.3, -0.25) is 9.36 Å². The Labute approximate surface area is 111 Å². The third kappa shape index (κ3) is 2.15. The lowest BCUT2D eigenvalue weighted by atomic mass is 9.95. The summed E-state index contributed by atoms with van der Waals surface area (Å²) in [5.41, 5.74) is 0.101. The zero-order chi connectivity index (χ0) is 13.6. The third-order valence-corrected chi connectivity index (χ3v) is 4.18. The topological polar surface area (TPSA) is 65.3 Å². The van der Waals surface area contributed by atoms with Crippen LogP contribution in [0.25, 0.3) is 0 Å². The highest BCUT2D eigenvalue weighted by atomic mass is 16.5. The van der Waals surface area contributed by atoms with Crippen LogP contribution in [0.15, 0.2) is 15.8 Å². The van der Waals surface area contributed by atoms with Gasteiger partial charge in [0.2, 0.25) is 0 Å². The molecule has 2 fully saturated rings. The molecule has 2 aliphatic rings. The molecule has 0 spiro atoms. The van der Waals surface area contributed by atoms with Crippen LogP contribution < -0.4 is 16.6 Å². The van der Waals surface area contributed by atoms with E-state index in [-0.39, 0.29) is 11.2 Å². The van der Waals surface area contributed by atoms with Gasteiger partial charge in [0.25, 0.3) is 5.56 Å². The summed E-state index contributed by atoms with van der Waals surface area (Å²) >= 11 is 0. The van der Waals surface area contributed by atoms with Crippen LogP contribution in [-0.2, 0) is 25.4 Å². The molecule has 1 aromatic heterocycles. The van der Waals surface area contributed by atoms with Gasteiger partial charge in [-0.2, -0.15) is 0 Å². The van der Waals surface area contributed by atoms with Gasteiger partial charge in [-0.1, -0.05) is 0 Å². The van der Waals surface area contributed by atoms with E-state index in [2.05, 4.69) is 5.32 Å². The van der Waals surface area contributed by atoms with Gasteiger partial charge >= 0.3 is 5.69 Å². The van der Waals surface area contributed by atoms with Crippen molar-refractivity contribution in [2.45, 2.75) is 44.1 Å². The summed E-state index contributed by atoms with van der Waals surface area (Å²) < 4.78 is 8.36. The Balaban J connectivity index is 1.74. The number of aromatic nitrogens is 2. The van der Waals surface area contributed by atoms with Crippen molar-refractivity contribution in [3.63, 3.8) is 0 Å². The van der Waals surface area contributed by atoms with Crippen LogP contribution >= 0.6 is 0 Å². The number of hydrogen-bond acceptors (Lipinski definition) is 4. The van der Waals surface area contributed by atoms with Gasteiger partial charge in [-0.15, -0.1) is 0 Å². The second-order valence-electron chi connectivity index (χ2n) is 5.51. The van der Waals surface area contributed by atoms with E-state index in [1.807, 2.05) is 0 Å². The van der Waals surface area contributed by atoms with Crippen molar-refractivity contribution >= 4 is 0 Å². The normalized spacial score (nSPS) is 29.1. The number of rotatable bonds is 3. The van der Waals surface area contributed by atoms with E-state index in [4.69, 9.17) is 4.74 Å². The van der Waals surface area contributed by atoms with Crippen molar-refractivity contribution in [2.24, 2.45) is 14.1 Å². The maximum absolute atomic E-state index is 12.0. The fourth-order valence-electron chi connectivity index (χ4n) is 3.10. The molecular formula is C13H19N3O3. The van der Waals surface area contributed by atoms with E-state index in [1.54, 1.807) is 13.2 Å². The summed E-state index contributed by atoms with van der Waals surface area (Å²) in [4.78, 5) is 23.6. The summed E-state index contributed by atoms with van der Waals surface area (Å²) in [6.07, 6.45) is 5.59. The van der Waals surface area contributed by atoms with Gasteiger partial charge in [0.15, 0.2) is 0 Å². The number of fused-ring (bicyclic) bond motifs is 2. The minimum atomic E-state index is -0.294. The standard InChI is InChI=1S/C13H19N3O3/c1-15-7-8(12(17)16(2)13(15)18)6-14-10-5-9-3-4-11(10)19-9/h7,9-11,14H,3-6H2,1-2H3. The molecule has 3 atom stereocenters. The van der Waals surface area contributed by atoms with Gasteiger partial charge in [-0.25, -0.2) is 4.79 Å². The summed E-state index contributed by atoms with van der Waals surface area (Å²) in [6, 6.07) is 0.334. The molecule has 19 heavy (non-hydrogen) atoms. The summed E-state index contributed by atoms with van der Waals surface area (Å²) in [6.45, 7) is 0.484. The molecule has 6 nitrogen and oxygen atoms in total. The van der Waals surface area contributed by atoms with Crippen LogP contribution in [-0.4, -0.2) is 27.4 Å². The second kappa shape index (κ2) is 4.61. The smallest absolute Gasteiger partial charge is 0.330 e. The van der Waals surface area contributed by atoms with Crippen molar-refractivity contribution in [1.29, 1.82) is 0 Å². The first-order valence-corrected chi connectivity index (χ1v) is 6.70. The van der Waals surface area contributed by atoms with E-state index in [0.717, 1.165) is 23.8 Å². The average Bonchev–Trinajstić information content (AvgIpc) is 3.01. The number of nitrogens with zero attached hydrogens (tertiary/aromatic N) is 2. The van der Waals surface area contributed by atoms with E-state index in [1.165, 1.54) is 11.6 Å². The molecule has 3 unspecified atom stereocenters. The van der Waals surface area contributed by atoms with Crippen molar-refractivity contribution in [3.8, 4) is 0 Å². The molecule has 2 saturated heterocycles. The van der Waals surface area contributed by atoms with Gasteiger partial charge in [-0.05, 0) is 19.3 Å².